The number of nitrogen functional groups attached to an aromatic ring is 1. The Labute approximate surface area is 117 Å². The molecule has 0 spiro atoms. The number of aliphatic hydroxyl groups is 1. The van der Waals surface area contributed by atoms with E-state index in [0.717, 1.165) is 25.0 Å². The molecule has 0 saturated heterocycles. The number of anilines is 1. The van der Waals surface area contributed by atoms with Gasteiger partial charge in [0.1, 0.15) is 5.82 Å². The van der Waals surface area contributed by atoms with E-state index in [9.17, 15) is 13.6 Å². The number of aliphatic hydroxyl groups excluding tert-OH is 1. The zero-order chi connectivity index (χ0) is 15.1. The Morgan fingerprint density at radius 1 is 1.40 bits per heavy atom. The van der Waals surface area contributed by atoms with Gasteiger partial charge in [0.25, 0.3) is 5.91 Å². The lowest BCUT2D eigenvalue weighted by Crippen LogP contribution is -2.30. The van der Waals surface area contributed by atoms with E-state index in [-0.39, 0.29) is 12.5 Å². The van der Waals surface area contributed by atoms with E-state index in [1.165, 1.54) is 0 Å². The molecule has 1 atom stereocenters. The second-order valence-electron chi connectivity index (χ2n) is 4.73. The van der Waals surface area contributed by atoms with Crippen molar-refractivity contribution in [3.63, 3.8) is 0 Å². The fraction of sp³-hybridized carbons (Fsp3) is 0.500. The van der Waals surface area contributed by atoms with Crippen molar-refractivity contribution in [1.29, 1.82) is 0 Å². The molecule has 0 saturated carbocycles. The van der Waals surface area contributed by atoms with Crippen molar-refractivity contribution in [1.82, 2.24) is 5.32 Å². The second-order valence-corrected chi connectivity index (χ2v) is 4.73. The maximum Gasteiger partial charge on any atom is 0.254 e. The molecule has 0 radical (unpaired) electrons. The molecule has 1 amide bonds. The maximum absolute atomic E-state index is 13.7. The number of hydrogen-bond acceptors (Lipinski definition) is 3. The standard InChI is InChI=1S/C14H20F2N2O2/c1-2-3-9(4-5-19)8-18-14(20)11-6-10(15)7-12(17)13(11)16/h6-7,9,19H,2-5,8,17H2,1H3,(H,18,20). The first-order valence-electron chi connectivity index (χ1n) is 6.63. The van der Waals surface area contributed by atoms with E-state index in [4.69, 9.17) is 10.8 Å². The Morgan fingerprint density at radius 2 is 2.10 bits per heavy atom. The molecule has 0 aliphatic carbocycles. The molecule has 0 aliphatic heterocycles. The van der Waals surface area contributed by atoms with Gasteiger partial charge >= 0.3 is 0 Å². The van der Waals surface area contributed by atoms with E-state index in [2.05, 4.69) is 5.32 Å². The molecule has 1 rings (SSSR count). The van der Waals surface area contributed by atoms with Crippen molar-refractivity contribution >= 4 is 11.6 Å². The lowest BCUT2D eigenvalue weighted by atomic mass is 10.00. The molecule has 112 valence electrons. The summed E-state index contributed by atoms with van der Waals surface area (Å²) < 4.78 is 26.8. The van der Waals surface area contributed by atoms with E-state index in [1.807, 2.05) is 6.92 Å². The predicted molar refractivity (Wildman–Crippen MR) is 73.2 cm³/mol. The number of halogens is 2. The molecule has 0 aliphatic rings. The zero-order valence-electron chi connectivity index (χ0n) is 11.5. The van der Waals surface area contributed by atoms with Crippen LogP contribution in [-0.2, 0) is 0 Å². The van der Waals surface area contributed by atoms with Crippen molar-refractivity contribution in [2.75, 3.05) is 18.9 Å². The lowest BCUT2D eigenvalue weighted by Gasteiger charge is -2.16. The van der Waals surface area contributed by atoms with Crippen LogP contribution in [0.4, 0.5) is 14.5 Å². The Kier molecular flexibility index (Phi) is 6.38. The number of carbonyl (C=O) groups excluding carboxylic acids is 1. The van der Waals surface area contributed by atoms with Gasteiger partial charge in [-0.2, -0.15) is 0 Å². The summed E-state index contributed by atoms with van der Waals surface area (Å²) in [4.78, 5) is 11.8. The molecule has 1 aromatic rings. The third-order valence-electron chi connectivity index (χ3n) is 3.10. The summed E-state index contributed by atoms with van der Waals surface area (Å²) in [6.45, 7) is 2.34. The minimum absolute atomic E-state index is 0.0296. The molecule has 1 aromatic carbocycles. The van der Waals surface area contributed by atoms with Crippen LogP contribution in [0.5, 0.6) is 0 Å². The molecule has 0 fully saturated rings. The number of benzene rings is 1. The number of nitrogens with two attached hydrogens (primary N) is 1. The lowest BCUT2D eigenvalue weighted by molar-refractivity contribution is 0.0938. The summed E-state index contributed by atoms with van der Waals surface area (Å²) in [5.74, 6) is -2.26. The minimum Gasteiger partial charge on any atom is -0.396 e. The van der Waals surface area contributed by atoms with Crippen LogP contribution in [0.1, 0.15) is 36.5 Å². The van der Waals surface area contributed by atoms with Gasteiger partial charge < -0.3 is 16.2 Å². The highest BCUT2D eigenvalue weighted by Gasteiger charge is 2.17. The Morgan fingerprint density at radius 3 is 2.70 bits per heavy atom. The molecule has 0 bridgehead atoms. The first-order valence-corrected chi connectivity index (χ1v) is 6.63. The third kappa shape index (κ3) is 4.45. The Balaban J connectivity index is 2.71. The molecule has 0 heterocycles. The normalized spacial score (nSPS) is 12.2. The van der Waals surface area contributed by atoms with Gasteiger partial charge in [0.05, 0.1) is 11.3 Å². The predicted octanol–water partition coefficient (Wildman–Crippen LogP) is 2.08. The molecule has 4 N–H and O–H groups in total. The zero-order valence-corrected chi connectivity index (χ0v) is 11.5. The molecule has 6 heteroatoms. The highest BCUT2D eigenvalue weighted by Crippen LogP contribution is 2.17. The van der Waals surface area contributed by atoms with Gasteiger partial charge in [0.2, 0.25) is 0 Å². The average molecular weight is 286 g/mol. The van der Waals surface area contributed by atoms with Crippen LogP contribution in [0, 0.1) is 17.6 Å². The van der Waals surface area contributed by atoms with Gasteiger partial charge in [-0.25, -0.2) is 8.78 Å². The quantitative estimate of drug-likeness (QED) is 0.672. The van der Waals surface area contributed by atoms with Crippen molar-refractivity contribution in [3.05, 3.63) is 29.3 Å². The van der Waals surface area contributed by atoms with Crippen LogP contribution in [0.2, 0.25) is 0 Å². The van der Waals surface area contributed by atoms with Crippen LogP contribution in [0.3, 0.4) is 0 Å². The molecular weight excluding hydrogens is 266 g/mol. The monoisotopic (exact) mass is 286 g/mol. The van der Waals surface area contributed by atoms with Gasteiger partial charge in [-0.1, -0.05) is 13.3 Å². The van der Waals surface area contributed by atoms with Crippen molar-refractivity contribution in [3.8, 4) is 0 Å². The van der Waals surface area contributed by atoms with Crippen molar-refractivity contribution < 1.29 is 18.7 Å². The van der Waals surface area contributed by atoms with Gasteiger partial charge in [-0.05, 0) is 30.9 Å². The summed E-state index contributed by atoms with van der Waals surface area (Å²) in [6.07, 6.45) is 2.32. The Bertz CT molecular complexity index is 461. The highest BCUT2D eigenvalue weighted by atomic mass is 19.1. The smallest absolute Gasteiger partial charge is 0.254 e. The third-order valence-corrected chi connectivity index (χ3v) is 3.10. The average Bonchev–Trinajstić information content (AvgIpc) is 2.40. The summed E-state index contributed by atoms with van der Waals surface area (Å²) in [7, 11) is 0. The van der Waals surface area contributed by atoms with E-state index in [0.29, 0.717) is 13.0 Å². The first kappa shape index (κ1) is 16.4. The largest absolute Gasteiger partial charge is 0.396 e. The fourth-order valence-corrected chi connectivity index (χ4v) is 2.05. The highest BCUT2D eigenvalue weighted by molar-refractivity contribution is 5.95. The summed E-state index contributed by atoms with van der Waals surface area (Å²) in [6, 6.07) is 1.65. The SMILES string of the molecule is CCCC(CCO)CNC(=O)c1cc(F)cc(N)c1F. The summed E-state index contributed by atoms with van der Waals surface area (Å²) >= 11 is 0. The Hall–Kier alpha value is -1.69. The van der Waals surface area contributed by atoms with Gasteiger partial charge in [-0.3, -0.25) is 4.79 Å². The van der Waals surface area contributed by atoms with Crippen LogP contribution in [-0.4, -0.2) is 24.2 Å². The molecular formula is C14H20F2N2O2. The van der Waals surface area contributed by atoms with Gasteiger partial charge in [-0.15, -0.1) is 0 Å². The maximum atomic E-state index is 13.7. The number of hydrogen-bond donors (Lipinski definition) is 3. The second kappa shape index (κ2) is 7.79. The van der Waals surface area contributed by atoms with Crippen LogP contribution < -0.4 is 11.1 Å². The molecule has 4 nitrogen and oxygen atoms in total. The number of carbonyl (C=O) groups is 1. The minimum atomic E-state index is -0.918. The summed E-state index contributed by atoms with van der Waals surface area (Å²) in [5, 5.41) is 11.5. The topological polar surface area (TPSA) is 75.3 Å². The molecule has 0 aromatic heterocycles. The van der Waals surface area contributed by atoms with Gasteiger partial charge in [0.15, 0.2) is 5.82 Å². The van der Waals surface area contributed by atoms with E-state index < -0.39 is 28.8 Å². The van der Waals surface area contributed by atoms with Crippen LogP contribution in [0.25, 0.3) is 0 Å². The van der Waals surface area contributed by atoms with Crippen molar-refractivity contribution in [2.24, 2.45) is 5.92 Å². The molecule has 1 unspecified atom stereocenters. The fourth-order valence-electron chi connectivity index (χ4n) is 2.05. The number of nitrogens with one attached hydrogen (secondary N) is 1. The van der Waals surface area contributed by atoms with Gasteiger partial charge in [0, 0.05) is 13.2 Å². The van der Waals surface area contributed by atoms with E-state index in [1.54, 1.807) is 0 Å². The van der Waals surface area contributed by atoms with E-state index >= 15 is 0 Å². The van der Waals surface area contributed by atoms with Crippen LogP contribution >= 0.6 is 0 Å². The first-order chi connectivity index (χ1) is 9.49. The molecule has 20 heavy (non-hydrogen) atoms. The number of rotatable bonds is 7. The number of amides is 1. The van der Waals surface area contributed by atoms with Crippen LogP contribution in [0.15, 0.2) is 12.1 Å². The van der Waals surface area contributed by atoms with Crippen molar-refractivity contribution in [2.45, 2.75) is 26.2 Å². The summed E-state index contributed by atoms with van der Waals surface area (Å²) in [5.41, 5.74) is 4.49.